The molecule has 6 rings (SSSR count). The molecule has 43 heavy (non-hydrogen) atoms. The average Bonchev–Trinajstić information content (AvgIpc) is 3.63. The van der Waals surface area contributed by atoms with Crippen LogP contribution in [0.3, 0.4) is 0 Å². The molecule has 0 saturated heterocycles. The van der Waals surface area contributed by atoms with Gasteiger partial charge in [0.15, 0.2) is 0 Å². The molecule has 0 atom stereocenters. The number of anilines is 2. The predicted octanol–water partition coefficient (Wildman–Crippen LogP) is 4.12. The fourth-order valence-electron chi connectivity index (χ4n) is 4.62. The Balaban J connectivity index is 0.00000118. The minimum Gasteiger partial charge on any atom is -0.483 e. The van der Waals surface area contributed by atoms with E-state index in [2.05, 4.69) is 40.2 Å². The van der Waals surface area contributed by atoms with E-state index in [1.54, 1.807) is 42.5 Å². The lowest BCUT2D eigenvalue weighted by molar-refractivity contribution is -0.141. The minimum absolute atomic E-state index is 0.141. The first-order valence-corrected chi connectivity index (χ1v) is 12.8. The number of carbonyl (C=O) groups excluding carboxylic acids is 1. The molecule has 0 saturated carbocycles. The third-order valence-corrected chi connectivity index (χ3v) is 6.51. The molecule has 220 valence electrons. The summed E-state index contributed by atoms with van der Waals surface area (Å²) >= 11 is 0. The van der Waals surface area contributed by atoms with Gasteiger partial charge in [0.25, 0.3) is 18.0 Å². The molecule has 2 aromatic heterocycles. The summed E-state index contributed by atoms with van der Waals surface area (Å²) in [6.45, 7) is 3.08. The second-order valence-electron chi connectivity index (χ2n) is 9.43. The number of rotatable bonds is 4. The summed E-state index contributed by atoms with van der Waals surface area (Å²) in [6, 6.07) is 9.30. The number of alkyl halides is 3. The monoisotopic (exact) mass is 591 g/mol. The maximum absolute atomic E-state index is 13.1. The molecule has 15 heteroatoms. The van der Waals surface area contributed by atoms with Gasteiger partial charge in [-0.25, -0.2) is 9.98 Å². The van der Waals surface area contributed by atoms with Crippen LogP contribution in [0, 0.1) is 6.92 Å². The number of carbonyl (C=O) groups is 2. The van der Waals surface area contributed by atoms with Crippen molar-refractivity contribution < 1.29 is 27.9 Å². The van der Waals surface area contributed by atoms with Gasteiger partial charge in [-0.3, -0.25) is 19.3 Å². The van der Waals surface area contributed by atoms with Crippen LogP contribution < -0.4 is 16.3 Å². The minimum atomic E-state index is -4.65. The first-order chi connectivity index (χ1) is 20.6. The lowest BCUT2D eigenvalue weighted by Crippen LogP contribution is -2.17. The van der Waals surface area contributed by atoms with Crippen molar-refractivity contribution in [2.75, 3.05) is 17.2 Å². The van der Waals surface area contributed by atoms with Crippen LogP contribution in [0.5, 0.6) is 0 Å². The van der Waals surface area contributed by atoms with Gasteiger partial charge in [0.1, 0.15) is 23.0 Å². The molecule has 0 bridgehead atoms. The van der Waals surface area contributed by atoms with Gasteiger partial charge in [0.05, 0.1) is 12.4 Å². The molecule has 5 heterocycles. The Morgan fingerprint density at radius 3 is 2.65 bits per heavy atom. The highest BCUT2D eigenvalue weighted by Gasteiger charge is 2.33. The van der Waals surface area contributed by atoms with Gasteiger partial charge in [0.2, 0.25) is 0 Å². The quantitative estimate of drug-likeness (QED) is 0.264. The number of carboxylic acid groups (broad SMARTS) is 1. The summed E-state index contributed by atoms with van der Waals surface area (Å²) in [4.78, 5) is 38.1. The number of halogens is 3. The number of benzene rings is 1. The van der Waals surface area contributed by atoms with Crippen LogP contribution in [-0.4, -0.2) is 53.3 Å². The van der Waals surface area contributed by atoms with Crippen molar-refractivity contribution in [2.45, 2.75) is 19.6 Å². The molecule has 0 aliphatic carbocycles. The van der Waals surface area contributed by atoms with E-state index in [-0.39, 0.29) is 12.0 Å². The summed E-state index contributed by atoms with van der Waals surface area (Å²) in [5, 5.41) is 17.1. The summed E-state index contributed by atoms with van der Waals surface area (Å²) < 4.78 is 42.9. The lowest BCUT2D eigenvalue weighted by atomic mass is 9.98. The van der Waals surface area contributed by atoms with Crippen molar-refractivity contribution in [3.63, 3.8) is 0 Å². The number of aryl methyl sites for hydroxylation is 2. The summed E-state index contributed by atoms with van der Waals surface area (Å²) in [7, 11) is 1.81. The number of aromatic nitrogens is 6. The number of nitrogens with zero attached hydrogens (tertiary/aromatic N) is 7. The molecule has 0 radical (unpaired) electrons. The second-order valence-corrected chi connectivity index (χ2v) is 9.43. The lowest BCUT2D eigenvalue weighted by Gasteiger charge is -2.19. The Kier molecular flexibility index (Phi) is 7.88. The largest absolute Gasteiger partial charge is 0.483 e. The van der Waals surface area contributed by atoms with E-state index in [0.29, 0.717) is 30.1 Å². The van der Waals surface area contributed by atoms with E-state index in [9.17, 15) is 18.0 Å². The number of hydrogen-bond acceptors (Lipinski definition) is 8. The highest BCUT2D eigenvalue weighted by molar-refractivity contribution is 6.04. The van der Waals surface area contributed by atoms with Crippen molar-refractivity contribution in [3.8, 4) is 22.5 Å². The third kappa shape index (κ3) is 6.19. The third-order valence-electron chi connectivity index (χ3n) is 6.51. The molecular weight excluding hydrogens is 567 g/mol. The molecule has 3 aliphatic rings. The topological polar surface area (TPSA) is 152 Å². The fourth-order valence-corrected chi connectivity index (χ4v) is 4.62. The van der Waals surface area contributed by atoms with Crippen LogP contribution in [0.4, 0.5) is 30.4 Å². The molecule has 1 amide bonds. The van der Waals surface area contributed by atoms with Gasteiger partial charge in [-0.2, -0.15) is 23.3 Å². The number of pyridine rings is 2. The molecule has 0 spiro atoms. The number of hydrogen-bond donors (Lipinski definition) is 3. The summed E-state index contributed by atoms with van der Waals surface area (Å²) in [5.41, 5.74) is 3.61. The van der Waals surface area contributed by atoms with Crippen LogP contribution in [0.15, 0.2) is 66.2 Å². The molecule has 3 aromatic rings. The first-order valence-electron chi connectivity index (χ1n) is 12.8. The zero-order chi connectivity index (χ0) is 30.7. The smallest absolute Gasteiger partial charge is 0.433 e. The molecule has 3 aliphatic heterocycles. The number of fused-ring (bicyclic) bond motifs is 3. The highest BCUT2D eigenvalue weighted by Crippen LogP contribution is 2.39. The molecule has 1 aromatic carbocycles. The zero-order valence-electron chi connectivity index (χ0n) is 22.8. The fraction of sp³-hybridized carbons (Fsp3) is 0.179. The van der Waals surface area contributed by atoms with Crippen molar-refractivity contribution >= 4 is 29.6 Å². The van der Waals surface area contributed by atoms with Crippen molar-refractivity contribution in [2.24, 2.45) is 12.0 Å². The molecular formula is C28H24F3N9O3. The van der Waals surface area contributed by atoms with E-state index in [1.807, 2.05) is 19.1 Å². The van der Waals surface area contributed by atoms with Crippen LogP contribution in [0.1, 0.15) is 21.6 Å². The molecule has 12 nitrogen and oxygen atoms in total. The van der Waals surface area contributed by atoms with E-state index in [1.165, 1.54) is 6.07 Å². The maximum atomic E-state index is 13.1. The summed E-state index contributed by atoms with van der Waals surface area (Å²) in [6.07, 6.45) is 1.45. The van der Waals surface area contributed by atoms with Gasteiger partial charge in [-0.05, 0) is 48.4 Å². The van der Waals surface area contributed by atoms with Crippen molar-refractivity contribution in [1.29, 1.82) is 0 Å². The van der Waals surface area contributed by atoms with Gasteiger partial charge in [-0.15, -0.1) is 0 Å². The molecule has 0 fully saturated rings. The Morgan fingerprint density at radius 2 is 1.93 bits per heavy atom. The van der Waals surface area contributed by atoms with E-state index >= 15 is 0 Å². The maximum Gasteiger partial charge on any atom is 0.433 e. The highest BCUT2D eigenvalue weighted by atomic mass is 19.4. The van der Waals surface area contributed by atoms with Gasteiger partial charge in [0, 0.05) is 54.9 Å². The predicted molar refractivity (Wildman–Crippen MR) is 150 cm³/mol. The summed E-state index contributed by atoms with van der Waals surface area (Å²) in [5.74, 6) is 0.910. The SMILES string of the molecule is Cc1ccc(NC(=O)c2ccnc(C(F)(F)F)c2)cc1-c1cc2cnc(=Nc3cnn(C)c3)nc-2n2c1NCC2.O=CO. The van der Waals surface area contributed by atoms with Gasteiger partial charge >= 0.3 is 6.18 Å². The van der Waals surface area contributed by atoms with Crippen molar-refractivity contribution in [1.82, 2.24) is 29.3 Å². The second kappa shape index (κ2) is 11.7. The Hall–Kier alpha value is -5.60. The van der Waals surface area contributed by atoms with E-state index < -0.39 is 17.8 Å². The first kappa shape index (κ1) is 28.9. The Morgan fingerprint density at radius 1 is 1.14 bits per heavy atom. The average molecular weight is 592 g/mol. The zero-order valence-corrected chi connectivity index (χ0v) is 22.8. The van der Waals surface area contributed by atoms with Crippen LogP contribution in [0.25, 0.3) is 22.5 Å². The normalized spacial score (nSPS) is 12.7. The van der Waals surface area contributed by atoms with Crippen molar-refractivity contribution in [3.05, 3.63) is 83.6 Å². The van der Waals surface area contributed by atoms with E-state index in [4.69, 9.17) is 9.90 Å². The van der Waals surface area contributed by atoms with Gasteiger partial charge in [-0.1, -0.05) is 6.07 Å². The van der Waals surface area contributed by atoms with Gasteiger partial charge < -0.3 is 20.3 Å². The van der Waals surface area contributed by atoms with Crippen LogP contribution >= 0.6 is 0 Å². The van der Waals surface area contributed by atoms with Crippen LogP contribution in [0.2, 0.25) is 0 Å². The Bertz CT molecular complexity index is 1860. The molecule has 0 unspecified atom stereocenters. The standard InChI is InChI=1S/C27H22F3N9O.CH2O2/c1-15-3-4-18(35-25(40)16-5-6-31-22(10-16)27(28,29)30)11-20(15)21-9-17-12-33-26(36-19-13-34-38(2)14-19)37-23(17)39-8-7-32-24(21)39;2-1-3/h3-6,9-14,32H,7-8H2,1-2H3,(H,35,40);1H,(H,2,3). The van der Waals surface area contributed by atoms with Crippen LogP contribution in [-0.2, 0) is 24.6 Å². The number of amides is 1. The Labute approximate surface area is 241 Å². The molecule has 3 N–H and O–H groups in total. The van der Waals surface area contributed by atoms with E-state index in [0.717, 1.165) is 46.2 Å². The number of nitrogens with one attached hydrogen (secondary N) is 2.